The van der Waals surface area contributed by atoms with Crippen molar-refractivity contribution in [2.24, 2.45) is 0 Å². The van der Waals surface area contributed by atoms with E-state index in [-0.39, 0.29) is 37.8 Å². The number of nitrogens with one attached hydrogen (secondary N) is 2. The van der Waals surface area contributed by atoms with Crippen LogP contribution in [-0.4, -0.2) is 53.5 Å². The summed E-state index contributed by atoms with van der Waals surface area (Å²) in [5.41, 5.74) is 4.52. The minimum Gasteiger partial charge on any atom is -0.479 e. The second kappa shape index (κ2) is 10.1. The average molecular weight is 426 g/mol. The van der Waals surface area contributed by atoms with Crippen LogP contribution in [0.5, 0.6) is 0 Å². The van der Waals surface area contributed by atoms with Crippen LogP contribution in [0.1, 0.15) is 36.8 Å². The minimum atomic E-state index is -1.52. The number of carbonyl (C=O) groups is 3. The van der Waals surface area contributed by atoms with Crippen LogP contribution in [0.4, 0.5) is 4.79 Å². The molecule has 2 aromatic rings. The molecule has 164 valence electrons. The normalized spacial score (nSPS) is 14.1. The molecule has 2 amide bonds. The number of hydrogen-bond acceptors (Lipinski definition) is 5. The maximum absolute atomic E-state index is 12.2. The molecular weight excluding hydrogens is 400 g/mol. The Morgan fingerprint density at radius 1 is 1.03 bits per heavy atom. The van der Waals surface area contributed by atoms with Crippen molar-refractivity contribution in [1.29, 1.82) is 0 Å². The van der Waals surface area contributed by atoms with Crippen LogP contribution in [0.3, 0.4) is 0 Å². The molecule has 0 fully saturated rings. The number of carboxylic acid groups (broad SMARTS) is 1. The molecule has 0 spiro atoms. The molecule has 0 aromatic heterocycles. The van der Waals surface area contributed by atoms with Gasteiger partial charge in [0.1, 0.15) is 6.61 Å². The monoisotopic (exact) mass is 426 g/mol. The number of benzene rings is 2. The number of aliphatic carboxylic acids is 1. The van der Waals surface area contributed by atoms with Gasteiger partial charge in [0.05, 0.1) is 0 Å². The summed E-state index contributed by atoms with van der Waals surface area (Å²) in [5, 5.41) is 22.9. The van der Waals surface area contributed by atoms with Crippen molar-refractivity contribution in [3.05, 3.63) is 59.7 Å². The Kier molecular flexibility index (Phi) is 7.25. The van der Waals surface area contributed by atoms with Gasteiger partial charge in [0, 0.05) is 31.3 Å². The van der Waals surface area contributed by atoms with E-state index in [1.54, 1.807) is 6.92 Å². The standard InChI is InChI=1S/C23H26N2O6/c1-14(12-21(27)24-11-10-20(26)22(28)29)25-23(30)31-13-19-17-8-4-2-6-15(17)16-7-3-5-9-18(16)19/h2-9,14,19-20,26H,10-13H2,1H3,(H,24,27)(H,25,30)(H,28,29)/t14-,20-/m0/s1. The lowest BCUT2D eigenvalue weighted by molar-refractivity contribution is -0.147. The van der Waals surface area contributed by atoms with Crippen molar-refractivity contribution in [1.82, 2.24) is 10.6 Å². The summed E-state index contributed by atoms with van der Waals surface area (Å²) < 4.78 is 5.45. The molecule has 0 bridgehead atoms. The summed E-state index contributed by atoms with van der Waals surface area (Å²) in [6.45, 7) is 1.89. The van der Waals surface area contributed by atoms with Gasteiger partial charge >= 0.3 is 12.1 Å². The smallest absolute Gasteiger partial charge is 0.407 e. The van der Waals surface area contributed by atoms with E-state index >= 15 is 0 Å². The lowest BCUT2D eigenvalue weighted by Crippen LogP contribution is -2.38. The molecule has 1 aliphatic carbocycles. The number of aliphatic hydroxyl groups excluding tert-OH is 1. The summed E-state index contributed by atoms with van der Waals surface area (Å²) in [4.78, 5) is 34.7. The van der Waals surface area contributed by atoms with Crippen LogP contribution in [-0.2, 0) is 14.3 Å². The molecule has 0 saturated carbocycles. The summed E-state index contributed by atoms with van der Waals surface area (Å²) in [6.07, 6.45) is -2.21. The van der Waals surface area contributed by atoms with Crippen molar-refractivity contribution in [3.8, 4) is 11.1 Å². The number of amides is 2. The van der Waals surface area contributed by atoms with E-state index in [1.165, 1.54) is 0 Å². The Balaban J connectivity index is 1.46. The number of ether oxygens (including phenoxy) is 1. The van der Waals surface area contributed by atoms with Crippen LogP contribution in [0.2, 0.25) is 0 Å². The van der Waals surface area contributed by atoms with Gasteiger partial charge in [-0.05, 0) is 29.2 Å². The Morgan fingerprint density at radius 3 is 2.19 bits per heavy atom. The lowest BCUT2D eigenvalue weighted by Gasteiger charge is -2.17. The Bertz CT molecular complexity index is 915. The van der Waals surface area contributed by atoms with Crippen molar-refractivity contribution in [2.75, 3.05) is 13.2 Å². The first-order valence-electron chi connectivity index (χ1n) is 10.2. The zero-order chi connectivity index (χ0) is 22.4. The quantitative estimate of drug-likeness (QED) is 0.487. The Hall–Kier alpha value is -3.39. The van der Waals surface area contributed by atoms with E-state index < -0.39 is 24.2 Å². The molecule has 2 aromatic carbocycles. The van der Waals surface area contributed by atoms with Gasteiger partial charge in [0.2, 0.25) is 5.91 Å². The first-order valence-corrected chi connectivity index (χ1v) is 10.2. The van der Waals surface area contributed by atoms with Gasteiger partial charge in [-0.2, -0.15) is 0 Å². The first-order chi connectivity index (χ1) is 14.9. The number of rotatable bonds is 9. The van der Waals surface area contributed by atoms with Crippen molar-refractivity contribution < 1.29 is 29.3 Å². The molecule has 0 saturated heterocycles. The fourth-order valence-corrected chi connectivity index (χ4v) is 3.71. The molecule has 2 atom stereocenters. The number of fused-ring (bicyclic) bond motifs is 3. The van der Waals surface area contributed by atoms with Crippen molar-refractivity contribution >= 4 is 18.0 Å². The first kappa shape index (κ1) is 22.3. The Labute approximate surface area is 180 Å². The molecule has 8 nitrogen and oxygen atoms in total. The zero-order valence-corrected chi connectivity index (χ0v) is 17.2. The third-order valence-electron chi connectivity index (χ3n) is 5.22. The van der Waals surface area contributed by atoms with Gasteiger partial charge in [0.15, 0.2) is 6.10 Å². The van der Waals surface area contributed by atoms with E-state index in [0.717, 1.165) is 22.3 Å². The van der Waals surface area contributed by atoms with Gasteiger partial charge in [-0.1, -0.05) is 48.5 Å². The fraction of sp³-hybridized carbons (Fsp3) is 0.348. The number of carboxylic acids is 1. The molecule has 3 rings (SSSR count). The predicted molar refractivity (Wildman–Crippen MR) is 114 cm³/mol. The van der Waals surface area contributed by atoms with E-state index in [4.69, 9.17) is 9.84 Å². The molecule has 8 heteroatoms. The summed E-state index contributed by atoms with van der Waals surface area (Å²) in [6, 6.07) is 15.6. The molecule has 0 aliphatic heterocycles. The van der Waals surface area contributed by atoms with Crippen LogP contribution in [0, 0.1) is 0 Å². The maximum Gasteiger partial charge on any atom is 0.407 e. The summed E-state index contributed by atoms with van der Waals surface area (Å²) in [5.74, 6) is -1.74. The second-order valence-corrected chi connectivity index (χ2v) is 7.57. The molecule has 1 aliphatic rings. The summed E-state index contributed by atoms with van der Waals surface area (Å²) >= 11 is 0. The van der Waals surface area contributed by atoms with Gasteiger partial charge in [-0.25, -0.2) is 9.59 Å². The minimum absolute atomic E-state index is 0.00730. The average Bonchev–Trinajstić information content (AvgIpc) is 3.05. The molecular formula is C23H26N2O6. The third kappa shape index (κ3) is 5.61. The van der Waals surface area contributed by atoms with E-state index in [2.05, 4.69) is 22.8 Å². The second-order valence-electron chi connectivity index (χ2n) is 7.57. The number of aliphatic hydroxyl groups is 1. The van der Waals surface area contributed by atoms with E-state index in [0.29, 0.717) is 0 Å². The molecule has 4 N–H and O–H groups in total. The largest absolute Gasteiger partial charge is 0.479 e. The van der Waals surface area contributed by atoms with Gasteiger partial charge < -0.3 is 25.6 Å². The SMILES string of the molecule is C[C@@H](CC(=O)NCC[C@H](O)C(=O)O)NC(=O)OCC1c2ccccc2-c2ccccc21. The fourth-order valence-electron chi connectivity index (χ4n) is 3.71. The van der Waals surface area contributed by atoms with Crippen LogP contribution >= 0.6 is 0 Å². The molecule has 0 radical (unpaired) electrons. The highest BCUT2D eigenvalue weighted by atomic mass is 16.5. The molecule has 0 heterocycles. The number of hydrogen-bond donors (Lipinski definition) is 4. The van der Waals surface area contributed by atoms with E-state index in [9.17, 15) is 19.5 Å². The highest BCUT2D eigenvalue weighted by molar-refractivity contribution is 5.79. The van der Waals surface area contributed by atoms with Gasteiger partial charge in [-0.3, -0.25) is 4.79 Å². The van der Waals surface area contributed by atoms with Gasteiger partial charge in [0.25, 0.3) is 0 Å². The van der Waals surface area contributed by atoms with Gasteiger partial charge in [-0.15, -0.1) is 0 Å². The molecule has 31 heavy (non-hydrogen) atoms. The molecule has 0 unspecified atom stereocenters. The number of alkyl carbamates (subject to hydrolysis) is 1. The van der Waals surface area contributed by atoms with Crippen LogP contribution in [0.25, 0.3) is 11.1 Å². The van der Waals surface area contributed by atoms with Crippen LogP contribution in [0.15, 0.2) is 48.5 Å². The Morgan fingerprint density at radius 2 is 1.61 bits per heavy atom. The van der Waals surface area contributed by atoms with Crippen molar-refractivity contribution in [2.45, 2.75) is 37.8 Å². The van der Waals surface area contributed by atoms with Crippen LogP contribution < -0.4 is 10.6 Å². The predicted octanol–water partition coefficient (Wildman–Crippen LogP) is 2.26. The van der Waals surface area contributed by atoms with E-state index in [1.807, 2.05) is 36.4 Å². The highest BCUT2D eigenvalue weighted by Gasteiger charge is 2.29. The third-order valence-corrected chi connectivity index (χ3v) is 5.22. The summed E-state index contributed by atoms with van der Waals surface area (Å²) in [7, 11) is 0. The zero-order valence-electron chi connectivity index (χ0n) is 17.2. The maximum atomic E-state index is 12.2. The highest BCUT2D eigenvalue weighted by Crippen LogP contribution is 2.44. The number of carbonyl (C=O) groups excluding carboxylic acids is 2. The topological polar surface area (TPSA) is 125 Å². The lowest BCUT2D eigenvalue weighted by atomic mass is 9.98. The van der Waals surface area contributed by atoms with Crippen molar-refractivity contribution in [3.63, 3.8) is 0 Å².